The quantitative estimate of drug-likeness (QED) is 0.0371. The molecular weight excluding hydrogens is 1490 g/mol. The predicted octanol–water partition coefficient (Wildman–Crippen LogP) is 14.9. The molecule has 0 spiro atoms. The second kappa shape index (κ2) is 39.0. The van der Waals surface area contributed by atoms with E-state index in [0.717, 1.165) is 47.6 Å². The molecule has 9 aromatic rings. The van der Waals surface area contributed by atoms with Gasteiger partial charge in [0.2, 0.25) is 17.7 Å². The highest BCUT2D eigenvalue weighted by Crippen LogP contribution is 2.39. The van der Waals surface area contributed by atoms with Crippen molar-refractivity contribution in [2.24, 2.45) is 5.73 Å². The van der Waals surface area contributed by atoms with E-state index in [4.69, 9.17) is 29.4 Å². The lowest BCUT2D eigenvalue weighted by Crippen LogP contribution is -2.37. The predicted molar refractivity (Wildman–Crippen MR) is 407 cm³/mol. The number of nitrogens with one attached hydrogen (secondary N) is 4. The summed E-state index contributed by atoms with van der Waals surface area (Å²) in [5.41, 5.74) is 11.4. The monoisotopic (exact) mass is 1580 g/mol. The van der Waals surface area contributed by atoms with Crippen molar-refractivity contribution in [1.29, 1.82) is 0 Å². The molecule has 34 heteroatoms. The molecule has 3 fully saturated rings. The molecule has 6 aromatic heterocycles. The van der Waals surface area contributed by atoms with Crippen molar-refractivity contribution in [1.82, 2.24) is 35.2 Å². The molecular formula is C79H86F10N14O10. The number of anilines is 6. The molecule has 3 aliphatic heterocycles. The van der Waals surface area contributed by atoms with Crippen LogP contribution in [0.3, 0.4) is 0 Å². The summed E-state index contributed by atoms with van der Waals surface area (Å²) < 4.78 is 165. The number of morpholine rings is 3. The molecule has 3 saturated heterocycles. The number of alkyl halides is 9. The van der Waals surface area contributed by atoms with E-state index in [1.165, 1.54) is 68.3 Å². The van der Waals surface area contributed by atoms with Gasteiger partial charge in [-0.2, -0.15) is 43.9 Å². The third-order valence-electron chi connectivity index (χ3n) is 17.5. The number of rotatable bonds is 19. The average Bonchev–Trinajstić information content (AvgIpc) is 0.802. The third-order valence-corrected chi connectivity index (χ3v) is 17.5. The van der Waals surface area contributed by atoms with E-state index in [2.05, 4.69) is 65.7 Å². The first-order valence-electron chi connectivity index (χ1n) is 34.8. The average molecular weight is 1580 g/mol. The highest BCUT2D eigenvalue weighted by atomic mass is 19.4. The number of alkyl carbamates (subject to hydrolysis) is 1. The highest BCUT2D eigenvalue weighted by Gasteiger charge is 2.34. The van der Waals surface area contributed by atoms with Crippen LogP contribution in [0.15, 0.2) is 146 Å². The van der Waals surface area contributed by atoms with E-state index >= 15 is 0 Å². The molecule has 0 saturated carbocycles. The van der Waals surface area contributed by atoms with Gasteiger partial charge in [0.25, 0.3) is 17.7 Å². The number of hydrogen-bond acceptors (Lipinski definition) is 20. The number of ether oxygens (including phenoxy) is 6. The lowest BCUT2D eigenvalue weighted by atomic mass is 10.0. The fourth-order valence-corrected chi connectivity index (χ4v) is 11.6. The number of carbonyl (C=O) groups excluding carboxylic acids is 4. The molecule has 113 heavy (non-hydrogen) atoms. The van der Waals surface area contributed by atoms with Gasteiger partial charge in [-0.05, 0) is 126 Å². The van der Waals surface area contributed by atoms with E-state index in [9.17, 15) is 63.1 Å². The first-order chi connectivity index (χ1) is 52.9. The minimum absolute atomic E-state index is 0. The minimum Gasteiger partial charge on any atom is -0.472 e. The Bertz CT molecular complexity index is 4770. The summed E-state index contributed by atoms with van der Waals surface area (Å²) in [7, 11) is 1.28. The summed E-state index contributed by atoms with van der Waals surface area (Å²) in [6.07, 6.45) is -5.92. The van der Waals surface area contributed by atoms with Crippen LogP contribution >= 0.6 is 0 Å². The summed E-state index contributed by atoms with van der Waals surface area (Å²) >= 11 is 0. The minimum atomic E-state index is -4.56. The van der Waals surface area contributed by atoms with Gasteiger partial charge in [-0.15, -0.1) is 0 Å². The molecule has 0 radical (unpaired) electrons. The second-order valence-electron chi connectivity index (χ2n) is 25.6. The summed E-state index contributed by atoms with van der Waals surface area (Å²) in [5.74, 6) is -1.84. The van der Waals surface area contributed by atoms with Gasteiger partial charge in [0.15, 0.2) is 0 Å². The topological polar surface area (TPSA) is 285 Å². The van der Waals surface area contributed by atoms with Crippen molar-refractivity contribution in [3.8, 4) is 45.1 Å². The Balaban J connectivity index is 0.000000212. The molecule has 3 aromatic carbocycles. The van der Waals surface area contributed by atoms with Crippen LogP contribution in [-0.4, -0.2) is 165 Å². The molecule has 4 amide bonds. The zero-order valence-electron chi connectivity index (χ0n) is 60.9. The zero-order chi connectivity index (χ0) is 79.7. The van der Waals surface area contributed by atoms with Crippen LogP contribution in [0.25, 0.3) is 33.4 Å². The summed E-state index contributed by atoms with van der Waals surface area (Å²) in [6, 6.07) is 23.2. The fraction of sp³-hybridized carbons (Fsp3) is 0.342. The lowest BCUT2D eigenvalue weighted by molar-refractivity contribution is -0.138. The van der Waals surface area contributed by atoms with E-state index in [-0.39, 0.29) is 49.9 Å². The van der Waals surface area contributed by atoms with Crippen molar-refractivity contribution in [2.75, 3.05) is 130 Å². The number of nitrogens with two attached hydrogens (primary N) is 1. The number of nitrogens with zero attached hydrogens (tertiary/aromatic N) is 9. The molecule has 0 bridgehead atoms. The van der Waals surface area contributed by atoms with Crippen LogP contribution in [0.4, 0.5) is 82.8 Å². The number of aryl methyl sites for hydroxylation is 3. The van der Waals surface area contributed by atoms with Crippen molar-refractivity contribution in [3.63, 3.8) is 0 Å². The van der Waals surface area contributed by atoms with Gasteiger partial charge in [0.05, 0.1) is 111 Å². The number of amides is 4. The van der Waals surface area contributed by atoms with Crippen LogP contribution in [-0.2, 0) is 37.5 Å². The van der Waals surface area contributed by atoms with Gasteiger partial charge in [-0.3, -0.25) is 29.3 Å². The molecule has 0 unspecified atom stereocenters. The summed E-state index contributed by atoms with van der Waals surface area (Å²) in [6.45, 7) is 16.4. The number of halogens is 10. The van der Waals surface area contributed by atoms with Gasteiger partial charge >= 0.3 is 24.6 Å². The SMILES string of the molecule is C.C.COC(=O)NC[C@@H](C)Oc1ncc(-c2cc(NC(=O)c3cccc(C(F)(F)F)c3)cnc2C)cc1N1CCOCC1.Cc1ncc(NC(=O)c2cccc(C(F)(F)F)c2)cc1-c1cnc(F)c(N2CCOCC2)c1.Cc1ncc(NC(=O)c2cccc(C(F)(F)F)c2)cc1-c1cnc(O[C@H](C)CN)c(N2CCOCC2)c1. The molecule has 3 aliphatic rings. The molecule has 2 atom stereocenters. The largest absolute Gasteiger partial charge is 0.472 e. The Morgan fingerprint density at radius 3 is 1.11 bits per heavy atom. The molecule has 12 rings (SSSR count). The van der Waals surface area contributed by atoms with Crippen molar-refractivity contribution in [2.45, 2.75) is 80.2 Å². The van der Waals surface area contributed by atoms with E-state index < -0.39 is 71.1 Å². The van der Waals surface area contributed by atoms with E-state index in [1.54, 1.807) is 57.4 Å². The van der Waals surface area contributed by atoms with Crippen LogP contribution in [0.2, 0.25) is 0 Å². The number of aromatic nitrogens is 6. The van der Waals surface area contributed by atoms with Gasteiger partial charge in [-0.1, -0.05) is 33.1 Å². The van der Waals surface area contributed by atoms with Crippen LogP contribution in [0, 0.1) is 26.7 Å². The van der Waals surface area contributed by atoms with Gasteiger partial charge in [-0.25, -0.2) is 19.7 Å². The number of carbonyl (C=O) groups is 4. The molecule has 6 N–H and O–H groups in total. The number of methoxy groups -OCH3 is 1. The molecule has 9 heterocycles. The van der Waals surface area contributed by atoms with Gasteiger partial charge in [0.1, 0.15) is 23.6 Å². The first-order valence-corrected chi connectivity index (χ1v) is 34.8. The lowest BCUT2D eigenvalue weighted by Gasteiger charge is -2.30. The Labute approximate surface area is 645 Å². The Morgan fingerprint density at radius 2 is 0.779 bits per heavy atom. The van der Waals surface area contributed by atoms with E-state index in [1.807, 2.05) is 30.9 Å². The zero-order valence-corrected chi connectivity index (χ0v) is 60.9. The normalized spacial score (nSPS) is 14.2. The smallest absolute Gasteiger partial charge is 0.416 e. The van der Waals surface area contributed by atoms with Gasteiger partial charge < -0.3 is 70.1 Å². The second-order valence-corrected chi connectivity index (χ2v) is 25.6. The van der Waals surface area contributed by atoms with Gasteiger partial charge in [0, 0.05) is 132 Å². The van der Waals surface area contributed by atoms with Crippen molar-refractivity contribution < 1.29 is 91.5 Å². The number of pyridine rings is 6. The number of hydrogen-bond donors (Lipinski definition) is 5. The van der Waals surface area contributed by atoms with Crippen LogP contribution < -0.4 is 51.2 Å². The van der Waals surface area contributed by atoms with Crippen molar-refractivity contribution in [3.05, 3.63) is 203 Å². The van der Waals surface area contributed by atoms with E-state index in [0.29, 0.717) is 165 Å². The van der Waals surface area contributed by atoms with Crippen LogP contribution in [0.5, 0.6) is 11.8 Å². The maximum atomic E-state index is 14.4. The number of benzene rings is 3. The maximum Gasteiger partial charge on any atom is 0.416 e. The van der Waals surface area contributed by atoms with Crippen LogP contribution in [0.1, 0.15) is 93.5 Å². The Hall–Kier alpha value is -11.6. The van der Waals surface area contributed by atoms with Crippen molar-refractivity contribution >= 4 is 57.9 Å². The molecule has 602 valence electrons. The third kappa shape index (κ3) is 23.5. The summed E-state index contributed by atoms with van der Waals surface area (Å²) in [4.78, 5) is 81.5. The molecule has 0 aliphatic carbocycles. The molecule has 24 nitrogen and oxygen atoms in total. The fourth-order valence-electron chi connectivity index (χ4n) is 11.6. The Kier molecular flexibility index (Phi) is 30.0. The maximum absolute atomic E-state index is 14.4. The highest BCUT2D eigenvalue weighted by molar-refractivity contribution is 6.06. The Morgan fingerprint density at radius 1 is 0.460 bits per heavy atom. The summed E-state index contributed by atoms with van der Waals surface area (Å²) in [5, 5.41) is 10.4. The first kappa shape index (κ1) is 87.0. The standard InChI is InChI=1S/C28H30F3N5O5.C26H28F3N5O3.C23H20F4N4O2.2CH4/c1-17(14-34-27(38)39-3)41-26-24(36-7-9-40-10-8-36)12-20(15-33-26)23-13-22(16-32-18(23)2)35-25(37)19-5-4-6-21(11-19)28(29,30)31;1-16(13-30)37-25-23(34-6-8-36-9-7-34)11-19(14-32-25)22-12-21(15-31-17(22)2)33-24(35)18-4-3-5-20(10-18)26(27,28)29;1-14-19(16-10-20(21(24)29-12-16)31-5-7-33-8-6-31)11-18(13-28-14)30-22(32)15-3-2-4-17(9-15)23(25,26)27;;/h4-6,11-13,15-17H,7-10,14H2,1-3H3,(H,34,38)(H,35,37);3-5,10-12,14-16H,6-9,13,30H2,1-2H3,(H,33,35);2-4,9-13H,5-8H2,1H3,(H,30,32);2*1H4/t17-;16-;;;/m11.../s1.